The second kappa shape index (κ2) is 12.3. The number of amides is 1. The zero-order valence-electron chi connectivity index (χ0n) is 21.6. The van der Waals surface area contributed by atoms with Crippen molar-refractivity contribution < 1.29 is 14.6 Å². The second-order valence-corrected chi connectivity index (χ2v) is 10.2. The van der Waals surface area contributed by atoms with E-state index in [9.17, 15) is 9.90 Å². The molecule has 1 aliphatic carbocycles. The molecular formula is C28H37N5O3. The minimum atomic E-state index is -0.317. The monoisotopic (exact) mass is 491 g/mol. The molecule has 1 saturated carbocycles. The van der Waals surface area contributed by atoms with Gasteiger partial charge in [-0.3, -0.25) is 9.69 Å². The van der Waals surface area contributed by atoms with E-state index in [1.807, 2.05) is 26.4 Å². The molecule has 3 heterocycles. The highest BCUT2D eigenvalue weighted by Crippen LogP contribution is 2.28. The molecule has 0 radical (unpaired) electrons. The summed E-state index contributed by atoms with van der Waals surface area (Å²) < 4.78 is 6.40. The first kappa shape index (κ1) is 26.1. The third-order valence-electron chi connectivity index (χ3n) is 7.11. The van der Waals surface area contributed by atoms with Gasteiger partial charge in [0.05, 0.1) is 12.6 Å². The van der Waals surface area contributed by atoms with E-state index in [1.165, 1.54) is 25.6 Å². The van der Waals surface area contributed by atoms with Crippen LogP contribution in [0, 0.1) is 23.7 Å². The van der Waals surface area contributed by atoms with Crippen molar-refractivity contribution in [3.63, 3.8) is 0 Å². The van der Waals surface area contributed by atoms with E-state index >= 15 is 0 Å². The van der Waals surface area contributed by atoms with Gasteiger partial charge in [0.1, 0.15) is 18.0 Å². The summed E-state index contributed by atoms with van der Waals surface area (Å²) in [5.74, 6) is 7.22. The molecular weight excluding hydrogens is 454 g/mol. The van der Waals surface area contributed by atoms with Gasteiger partial charge in [-0.15, -0.1) is 0 Å². The van der Waals surface area contributed by atoms with E-state index in [0.29, 0.717) is 37.0 Å². The van der Waals surface area contributed by atoms with Gasteiger partial charge >= 0.3 is 0 Å². The Morgan fingerprint density at radius 3 is 2.69 bits per heavy atom. The second-order valence-electron chi connectivity index (χ2n) is 10.2. The van der Waals surface area contributed by atoms with Crippen molar-refractivity contribution in [2.45, 2.75) is 64.6 Å². The molecule has 0 spiro atoms. The molecule has 0 aromatic carbocycles. The molecule has 1 N–H and O–H groups in total. The van der Waals surface area contributed by atoms with Gasteiger partial charge < -0.3 is 14.7 Å². The number of hydrogen-bond acceptors (Lipinski definition) is 7. The van der Waals surface area contributed by atoms with Gasteiger partial charge in [0, 0.05) is 61.2 Å². The maximum atomic E-state index is 13.6. The van der Waals surface area contributed by atoms with Gasteiger partial charge in [-0.05, 0) is 32.9 Å². The number of aliphatic hydroxyl groups is 1. The molecule has 2 aromatic heterocycles. The average molecular weight is 492 g/mol. The van der Waals surface area contributed by atoms with Crippen LogP contribution in [-0.2, 0) is 6.54 Å². The lowest BCUT2D eigenvalue weighted by Crippen LogP contribution is -2.49. The zero-order chi connectivity index (χ0) is 25.5. The topological polar surface area (TPSA) is 91.7 Å². The van der Waals surface area contributed by atoms with Crippen molar-refractivity contribution >= 4 is 5.91 Å². The molecule has 0 saturated heterocycles. The molecule has 1 aliphatic heterocycles. The maximum Gasteiger partial charge on any atom is 0.259 e. The Bertz CT molecular complexity index is 1080. The fourth-order valence-electron chi connectivity index (χ4n) is 4.92. The Morgan fingerprint density at radius 2 is 1.97 bits per heavy atom. The average Bonchev–Trinajstić information content (AvgIpc) is 2.90. The number of pyridine rings is 1. The molecule has 2 aromatic rings. The van der Waals surface area contributed by atoms with E-state index in [4.69, 9.17) is 4.74 Å². The summed E-state index contributed by atoms with van der Waals surface area (Å²) in [5.41, 5.74) is 2.14. The number of aliphatic hydroxyl groups excluding tert-OH is 1. The number of carbonyl (C=O) groups is 1. The molecule has 3 atom stereocenters. The van der Waals surface area contributed by atoms with Gasteiger partial charge in [0.2, 0.25) is 5.88 Å². The molecule has 0 unspecified atom stereocenters. The first-order valence-corrected chi connectivity index (χ1v) is 13.0. The van der Waals surface area contributed by atoms with Crippen LogP contribution in [0.5, 0.6) is 5.88 Å². The number of carbonyl (C=O) groups excluding carboxylic acids is 1. The van der Waals surface area contributed by atoms with Crippen molar-refractivity contribution in [1.29, 1.82) is 0 Å². The minimum Gasteiger partial charge on any atom is -0.472 e. The summed E-state index contributed by atoms with van der Waals surface area (Å²) in [6, 6.07) is 1.48. The number of rotatable bonds is 6. The highest BCUT2D eigenvalue weighted by molar-refractivity contribution is 5.97. The van der Waals surface area contributed by atoms with E-state index in [1.54, 1.807) is 17.2 Å². The Labute approximate surface area is 214 Å². The summed E-state index contributed by atoms with van der Waals surface area (Å²) in [7, 11) is 2.03. The van der Waals surface area contributed by atoms with Crippen LogP contribution >= 0.6 is 0 Å². The highest BCUT2D eigenvalue weighted by atomic mass is 16.5. The summed E-state index contributed by atoms with van der Waals surface area (Å²) in [6.07, 6.45) is 12.7. The number of hydrogen-bond donors (Lipinski definition) is 1. The smallest absolute Gasteiger partial charge is 0.259 e. The van der Waals surface area contributed by atoms with Crippen LogP contribution < -0.4 is 4.74 Å². The molecule has 8 heteroatoms. The van der Waals surface area contributed by atoms with Crippen LogP contribution in [0.3, 0.4) is 0 Å². The van der Waals surface area contributed by atoms with Crippen LogP contribution in [0.25, 0.3) is 0 Å². The third-order valence-corrected chi connectivity index (χ3v) is 7.11. The highest BCUT2D eigenvalue weighted by Gasteiger charge is 2.34. The first-order valence-electron chi connectivity index (χ1n) is 13.0. The lowest BCUT2D eigenvalue weighted by molar-refractivity contribution is 0.0325. The van der Waals surface area contributed by atoms with Crippen LogP contribution in [0.1, 0.15) is 67.4 Å². The maximum absolute atomic E-state index is 13.6. The summed E-state index contributed by atoms with van der Waals surface area (Å²) in [6.45, 7) is 5.62. The lowest BCUT2D eigenvalue weighted by atomic mass is 9.90. The van der Waals surface area contributed by atoms with Crippen LogP contribution in [0.2, 0.25) is 0 Å². The minimum absolute atomic E-state index is 0.0261. The number of aromatic nitrogens is 3. The zero-order valence-corrected chi connectivity index (χ0v) is 21.6. The molecule has 2 aliphatic rings. The normalized spacial score (nSPS) is 21.6. The van der Waals surface area contributed by atoms with Crippen LogP contribution in [0.15, 0.2) is 31.0 Å². The quantitative estimate of drug-likeness (QED) is 0.621. The molecule has 36 heavy (non-hydrogen) atoms. The molecule has 1 fully saturated rings. The summed E-state index contributed by atoms with van der Waals surface area (Å²) in [4.78, 5) is 30.2. The van der Waals surface area contributed by atoms with E-state index in [0.717, 1.165) is 24.0 Å². The number of nitrogens with zero attached hydrogens (tertiary/aromatic N) is 5. The van der Waals surface area contributed by atoms with Gasteiger partial charge in [-0.25, -0.2) is 15.0 Å². The number of fused-ring (bicyclic) bond motifs is 1. The Balaban J connectivity index is 1.59. The van der Waals surface area contributed by atoms with Crippen LogP contribution in [0.4, 0.5) is 0 Å². The standard InChI is InChI=1S/C28H37N5O3/c1-20-15-33(21(2)18-34)28(35)25-11-23(10-9-22-7-5-4-6-8-22)14-31-27(25)36-26(20)17-32(3)16-24-12-29-19-30-13-24/h11-14,19-22,26,34H,4-8,15-18H2,1-3H3/t20-,21-,26-/m1/s1. The van der Waals surface area contributed by atoms with Gasteiger partial charge in [-0.2, -0.15) is 0 Å². The fourth-order valence-corrected chi connectivity index (χ4v) is 4.92. The summed E-state index contributed by atoms with van der Waals surface area (Å²) in [5, 5.41) is 9.88. The Morgan fingerprint density at radius 1 is 1.22 bits per heavy atom. The molecule has 1 amide bonds. The molecule has 8 nitrogen and oxygen atoms in total. The van der Waals surface area contributed by atoms with Gasteiger partial charge in [-0.1, -0.05) is 38.0 Å². The predicted octanol–water partition coefficient (Wildman–Crippen LogP) is 3.16. The SMILES string of the molecule is C[C@@H]1CN([C@H](C)CO)C(=O)c2cc(C#CC3CCCCC3)cnc2O[C@@H]1CN(C)Cc1cncnc1. The third kappa shape index (κ3) is 6.59. The van der Waals surface area contributed by atoms with E-state index in [-0.39, 0.29) is 30.6 Å². The van der Waals surface area contributed by atoms with Crippen molar-refractivity contribution in [3.8, 4) is 17.7 Å². The van der Waals surface area contributed by atoms with Crippen molar-refractivity contribution in [3.05, 3.63) is 47.7 Å². The lowest BCUT2D eigenvalue weighted by Gasteiger charge is -2.37. The van der Waals surface area contributed by atoms with Gasteiger partial charge in [0.15, 0.2) is 0 Å². The van der Waals surface area contributed by atoms with Crippen LogP contribution in [-0.4, -0.2) is 74.7 Å². The number of likely N-dealkylation sites (N-methyl/N-ethyl adjacent to an activating group) is 1. The largest absolute Gasteiger partial charge is 0.472 e. The van der Waals surface area contributed by atoms with Gasteiger partial charge in [0.25, 0.3) is 5.91 Å². The van der Waals surface area contributed by atoms with Crippen molar-refractivity contribution in [1.82, 2.24) is 24.8 Å². The molecule has 0 bridgehead atoms. The summed E-state index contributed by atoms with van der Waals surface area (Å²) >= 11 is 0. The fraction of sp³-hybridized carbons (Fsp3) is 0.571. The molecule has 4 rings (SSSR count). The van der Waals surface area contributed by atoms with E-state index < -0.39 is 0 Å². The van der Waals surface area contributed by atoms with E-state index in [2.05, 4.69) is 38.6 Å². The Kier molecular flexibility index (Phi) is 8.89. The number of ether oxygens (including phenoxy) is 1. The van der Waals surface area contributed by atoms with Crippen molar-refractivity contribution in [2.24, 2.45) is 11.8 Å². The molecule has 192 valence electrons. The Hall–Kier alpha value is -3.02. The van der Waals surface area contributed by atoms with Crippen molar-refractivity contribution in [2.75, 3.05) is 26.7 Å². The first-order chi connectivity index (χ1) is 17.4. The predicted molar refractivity (Wildman–Crippen MR) is 137 cm³/mol.